The number of amides is 1. The van der Waals surface area contributed by atoms with Gasteiger partial charge in [-0.25, -0.2) is 0 Å². The van der Waals surface area contributed by atoms with Crippen LogP contribution >= 0.6 is 0 Å². The maximum atomic E-state index is 12.1. The third-order valence-electron chi connectivity index (χ3n) is 4.38. The summed E-state index contributed by atoms with van der Waals surface area (Å²) in [5, 5.41) is 12.6. The van der Waals surface area contributed by atoms with Crippen molar-refractivity contribution >= 4 is 5.91 Å². The molecular formula is C22H29NO3. The predicted molar refractivity (Wildman–Crippen MR) is 105 cm³/mol. The summed E-state index contributed by atoms with van der Waals surface area (Å²) in [6.07, 6.45) is 3.70. The lowest BCUT2D eigenvalue weighted by Gasteiger charge is -2.14. The van der Waals surface area contributed by atoms with Crippen molar-refractivity contribution in [3.8, 4) is 17.2 Å². The lowest BCUT2D eigenvalue weighted by Crippen LogP contribution is -2.26. The summed E-state index contributed by atoms with van der Waals surface area (Å²) in [5.41, 5.74) is 3.74. The molecule has 1 amide bonds. The van der Waals surface area contributed by atoms with E-state index in [4.69, 9.17) is 4.74 Å². The second-order valence-electron chi connectivity index (χ2n) is 6.84. The van der Waals surface area contributed by atoms with Crippen molar-refractivity contribution in [3.05, 3.63) is 52.6 Å². The molecule has 0 spiro atoms. The number of rotatable bonds is 8. The molecule has 0 atom stereocenters. The van der Waals surface area contributed by atoms with Gasteiger partial charge in [0.2, 0.25) is 5.91 Å². The number of phenolic OH excluding ortho intramolecular Hbond substituents is 1. The summed E-state index contributed by atoms with van der Waals surface area (Å²) in [4.78, 5) is 12.1. The molecule has 0 aromatic heterocycles. The van der Waals surface area contributed by atoms with E-state index in [2.05, 4.69) is 12.2 Å². The number of carbonyl (C=O) groups is 1. The Morgan fingerprint density at radius 1 is 1.04 bits per heavy atom. The monoisotopic (exact) mass is 355 g/mol. The van der Waals surface area contributed by atoms with Crippen LogP contribution in [-0.2, 0) is 11.2 Å². The Morgan fingerprint density at radius 3 is 2.35 bits per heavy atom. The lowest BCUT2D eigenvalue weighted by atomic mass is 10.0. The van der Waals surface area contributed by atoms with Crippen LogP contribution in [0.1, 0.15) is 48.4 Å². The molecule has 4 heteroatoms. The molecule has 2 aromatic carbocycles. The van der Waals surface area contributed by atoms with Crippen LogP contribution in [0.25, 0.3) is 0 Å². The highest BCUT2D eigenvalue weighted by atomic mass is 16.5. The number of carbonyl (C=O) groups excluding carboxylic acids is 1. The van der Waals surface area contributed by atoms with Crippen molar-refractivity contribution in [1.29, 1.82) is 0 Å². The van der Waals surface area contributed by atoms with Crippen LogP contribution in [0.5, 0.6) is 17.2 Å². The van der Waals surface area contributed by atoms with Crippen LogP contribution in [0.4, 0.5) is 0 Å². The van der Waals surface area contributed by atoms with Gasteiger partial charge < -0.3 is 15.2 Å². The molecule has 0 aliphatic rings. The van der Waals surface area contributed by atoms with Crippen molar-refractivity contribution in [2.75, 3.05) is 6.54 Å². The fourth-order valence-corrected chi connectivity index (χ4v) is 2.96. The zero-order valence-corrected chi connectivity index (χ0v) is 16.2. The fourth-order valence-electron chi connectivity index (χ4n) is 2.96. The van der Waals surface area contributed by atoms with E-state index in [9.17, 15) is 9.90 Å². The van der Waals surface area contributed by atoms with Gasteiger partial charge in [-0.1, -0.05) is 31.9 Å². The maximum absolute atomic E-state index is 12.1. The van der Waals surface area contributed by atoms with Gasteiger partial charge in [0.05, 0.1) is 6.42 Å². The highest BCUT2D eigenvalue weighted by Crippen LogP contribution is 2.32. The van der Waals surface area contributed by atoms with Gasteiger partial charge in [-0.15, -0.1) is 0 Å². The first kappa shape index (κ1) is 19.8. The predicted octanol–water partition coefficient (Wildman–Crippen LogP) is 4.96. The summed E-state index contributed by atoms with van der Waals surface area (Å²) in [5.74, 6) is 1.80. The molecule has 4 nitrogen and oxygen atoms in total. The number of ether oxygens (including phenoxy) is 1. The van der Waals surface area contributed by atoms with Crippen molar-refractivity contribution in [2.45, 2.75) is 53.4 Å². The number of nitrogens with one attached hydrogen (secondary N) is 1. The van der Waals surface area contributed by atoms with Crippen molar-refractivity contribution in [2.24, 2.45) is 0 Å². The average molecular weight is 355 g/mol. The van der Waals surface area contributed by atoms with E-state index < -0.39 is 0 Å². The Labute approximate surface area is 156 Å². The molecule has 2 aromatic rings. The Morgan fingerprint density at radius 2 is 1.73 bits per heavy atom. The minimum absolute atomic E-state index is 0.0581. The van der Waals surface area contributed by atoms with Gasteiger partial charge in [0.15, 0.2) is 0 Å². The Balaban J connectivity index is 2.05. The first-order chi connectivity index (χ1) is 12.4. The van der Waals surface area contributed by atoms with Gasteiger partial charge in [0, 0.05) is 6.54 Å². The van der Waals surface area contributed by atoms with Gasteiger partial charge in [0.25, 0.3) is 0 Å². The second-order valence-corrected chi connectivity index (χ2v) is 6.84. The zero-order chi connectivity index (χ0) is 19.1. The molecular weight excluding hydrogens is 326 g/mol. The molecule has 0 saturated carbocycles. The third-order valence-corrected chi connectivity index (χ3v) is 4.38. The number of aromatic hydroxyl groups is 1. The summed E-state index contributed by atoms with van der Waals surface area (Å²) < 4.78 is 6.02. The number of aryl methyl sites for hydroxylation is 3. The summed E-state index contributed by atoms with van der Waals surface area (Å²) in [7, 11) is 0. The number of benzene rings is 2. The molecule has 0 aliphatic carbocycles. The number of hydrogen-bond acceptors (Lipinski definition) is 3. The van der Waals surface area contributed by atoms with Crippen molar-refractivity contribution in [1.82, 2.24) is 5.32 Å². The Kier molecular flexibility index (Phi) is 7.07. The summed E-state index contributed by atoms with van der Waals surface area (Å²) in [6.45, 7) is 8.70. The average Bonchev–Trinajstić information content (AvgIpc) is 2.58. The molecule has 0 heterocycles. The van der Waals surface area contributed by atoms with Crippen LogP contribution in [0.3, 0.4) is 0 Å². The van der Waals surface area contributed by atoms with Crippen LogP contribution in [-0.4, -0.2) is 17.6 Å². The van der Waals surface area contributed by atoms with E-state index in [0.717, 1.165) is 53.8 Å². The smallest absolute Gasteiger partial charge is 0.224 e. The maximum Gasteiger partial charge on any atom is 0.224 e. The van der Waals surface area contributed by atoms with Crippen LogP contribution in [0.15, 0.2) is 30.3 Å². The highest BCUT2D eigenvalue weighted by molar-refractivity contribution is 5.78. The fraction of sp³-hybridized carbons (Fsp3) is 0.409. The molecule has 2 N–H and O–H groups in total. The van der Waals surface area contributed by atoms with Gasteiger partial charge in [-0.05, 0) is 67.6 Å². The Bertz CT molecular complexity index is 745. The van der Waals surface area contributed by atoms with Crippen LogP contribution < -0.4 is 10.1 Å². The number of phenols is 1. The first-order valence-corrected chi connectivity index (χ1v) is 9.25. The van der Waals surface area contributed by atoms with E-state index in [1.54, 1.807) is 12.1 Å². The summed E-state index contributed by atoms with van der Waals surface area (Å²) >= 11 is 0. The van der Waals surface area contributed by atoms with E-state index in [0.29, 0.717) is 12.2 Å². The topological polar surface area (TPSA) is 58.6 Å². The number of hydrogen-bond donors (Lipinski definition) is 2. The molecule has 0 bridgehead atoms. The van der Waals surface area contributed by atoms with Crippen molar-refractivity contribution in [3.63, 3.8) is 0 Å². The molecule has 0 saturated heterocycles. The largest absolute Gasteiger partial charge is 0.508 e. The summed E-state index contributed by atoms with van der Waals surface area (Å²) in [6, 6.07) is 9.19. The van der Waals surface area contributed by atoms with Gasteiger partial charge in [-0.3, -0.25) is 4.79 Å². The van der Waals surface area contributed by atoms with E-state index in [1.807, 2.05) is 39.0 Å². The normalized spacial score (nSPS) is 10.6. The molecule has 0 radical (unpaired) electrons. The molecule has 0 aliphatic heterocycles. The minimum atomic E-state index is 0.0581. The van der Waals surface area contributed by atoms with E-state index >= 15 is 0 Å². The second kappa shape index (κ2) is 9.27. The van der Waals surface area contributed by atoms with Crippen molar-refractivity contribution < 1.29 is 14.6 Å². The van der Waals surface area contributed by atoms with Gasteiger partial charge in [0.1, 0.15) is 17.2 Å². The van der Waals surface area contributed by atoms with Crippen LogP contribution in [0, 0.1) is 20.8 Å². The first-order valence-electron chi connectivity index (χ1n) is 9.25. The van der Waals surface area contributed by atoms with E-state index in [1.165, 1.54) is 0 Å². The number of unbranched alkanes of at least 4 members (excludes halogenated alkanes) is 2. The third kappa shape index (κ3) is 5.51. The van der Waals surface area contributed by atoms with Gasteiger partial charge in [-0.2, -0.15) is 0 Å². The van der Waals surface area contributed by atoms with E-state index in [-0.39, 0.29) is 11.7 Å². The molecule has 2 rings (SSSR count). The molecule has 0 unspecified atom stereocenters. The zero-order valence-electron chi connectivity index (χ0n) is 16.2. The Hall–Kier alpha value is -2.49. The molecule has 0 fully saturated rings. The molecule has 140 valence electrons. The highest BCUT2D eigenvalue weighted by Gasteiger charge is 2.11. The van der Waals surface area contributed by atoms with Gasteiger partial charge >= 0.3 is 0 Å². The molecule has 26 heavy (non-hydrogen) atoms. The van der Waals surface area contributed by atoms with Crippen LogP contribution in [0.2, 0.25) is 0 Å². The SMILES string of the molecule is CCCCCNC(=O)Cc1cc(C)c(Oc2ccc(O)c(C)c2)c(C)c1. The standard InChI is InChI=1S/C22H29NO3/c1-5-6-7-10-23-21(25)14-18-11-16(3)22(17(4)12-18)26-19-8-9-20(24)15(2)13-19/h8-9,11-13,24H,5-7,10,14H2,1-4H3,(H,23,25). The quantitative estimate of drug-likeness (QED) is 0.658. The minimum Gasteiger partial charge on any atom is -0.508 e. The lowest BCUT2D eigenvalue weighted by molar-refractivity contribution is -0.120.